The molecule has 0 radical (unpaired) electrons. The molecule has 0 saturated heterocycles. The molecule has 1 aromatic carbocycles. The van der Waals surface area contributed by atoms with Crippen LogP contribution >= 0.6 is 0 Å². The molecule has 0 aliphatic rings. The third kappa shape index (κ3) is 4.02. The van der Waals surface area contributed by atoms with Crippen LogP contribution in [0.1, 0.15) is 28.4 Å². The fourth-order valence-corrected chi connectivity index (χ4v) is 1.81. The molecule has 0 heterocycles. The van der Waals surface area contributed by atoms with Gasteiger partial charge < -0.3 is 10.1 Å². The first-order valence-corrected chi connectivity index (χ1v) is 6.08. The summed E-state index contributed by atoms with van der Waals surface area (Å²) in [6, 6.07) is 6.98. The maximum Gasteiger partial charge on any atom is 0.338 e. The molecule has 0 bridgehead atoms. The van der Waals surface area contributed by atoms with Crippen LogP contribution in [0.4, 0.5) is 0 Å². The van der Waals surface area contributed by atoms with Crippen LogP contribution in [0.2, 0.25) is 0 Å². The highest BCUT2D eigenvalue weighted by Gasteiger charge is 2.21. The van der Waals surface area contributed by atoms with Gasteiger partial charge in [-0.1, -0.05) is 17.2 Å². The summed E-state index contributed by atoms with van der Waals surface area (Å²) < 4.78 is 4.90. The van der Waals surface area contributed by atoms with Crippen molar-refractivity contribution in [1.82, 2.24) is 0 Å². The summed E-state index contributed by atoms with van der Waals surface area (Å²) in [6.45, 7) is 4.59. The number of ketones is 1. The van der Waals surface area contributed by atoms with Gasteiger partial charge in [-0.15, -0.1) is 0 Å². The van der Waals surface area contributed by atoms with Gasteiger partial charge >= 0.3 is 5.97 Å². The Morgan fingerprint density at radius 2 is 1.85 bits per heavy atom. The molecule has 0 aliphatic carbocycles. The molecule has 104 valence electrons. The van der Waals surface area contributed by atoms with E-state index in [1.165, 1.54) is 6.92 Å². The SMILES string of the molecule is CC(=N)[C@@H](C#N)C(=O)COC(=O)c1cc(C)cc(C)c1. The monoisotopic (exact) mass is 272 g/mol. The van der Waals surface area contributed by atoms with Crippen LogP contribution in [0.25, 0.3) is 0 Å². The molecule has 1 rings (SSSR count). The summed E-state index contributed by atoms with van der Waals surface area (Å²) in [5, 5.41) is 16.1. The fraction of sp³-hybridized carbons (Fsp3) is 0.333. The number of nitrogens with one attached hydrogen (secondary N) is 1. The minimum absolute atomic E-state index is 0.0556. The van der Waals surface area contributed by atoms with Gasteiger partial charge in [-0.2, -0.15) is 5.26 Å². The lowest BCUT2D eigenvalue weighted by Crippen LogP contribution is -2.25. The van der Waals surface area contributed by atoms with Crippen molar-refractivity contribution in [3.05, 3.63) is 34.9 Å². The zero-order valence-electron chi connectivity index (χ0n) is 11.7. The second-order valence-electron chi connectivity index (χ2n) is 4.66. The van der Waals surface area contributed by atoms with E-state index in [4.69, 9.17) is 15.4 Å². The molecule has 0 aliphatic heterocycles. The van der Waals surface area contributed by atoms with Crippen LogP contribution < -0.4 is 0 Å². The number of ether oxygens (including phenoxy) is 1. The van der Waals surface area contributed by atoms with Gasteiger partial charge in [0.2, 0.25) is 0 Å². The topological polar surface area (TPSA) is 91.0 Å². The lowest BCUT2D eigenvalue weighted by molar-refractivity contribution is -0.122. The second kappa shape index (κ2) is 6.62. The quantitative estimate of drug-likeness (QED) is 0.657. The van der Waals surface area contributed by atoms with Gasteiger partial charge in [-0.05, 0) is 32.9 Å². The summed E-state index contributed by atoms with van der Waals surface area (Å²) in [4.78, 5) is 23.5. The summed E-state index contributed by atoms with van der Waals surface area (Å²) in [6.07, 6.45) is 0. The molecule has 5 heteroatoms. The Bertz CT molecular complexity index is 579. The number of hydrogen-bond acceptors (Lipinski definition) is 5. The average Bonchev–Trinajstić information content (AvgIpc) is 2.35. The zero-order valence-corrected chi connectivity index (χ0v) is 11.7. The number of carbonyl (C=O) groups excluding carboxylic acids is 2. The van der Waals surface area contributed by atoms with E-state index in [-0.39, 0.29) is 5.71 Å². The maximum absolute atomic E-state index is 11.8. The van der Waals surface area contributed by atoms with Crippen LogP contribution in [-0.4, -0.2) is 24.1 Å². The minimum Gasteiger partial charge on any atom is -0.454 e. The number of nitrogens with zero attached hydrogens (tertiary/aromatic N) is 1. The average molecular weight is 272 g/mol. The summed E-state index contributed by atoms with van der Waals surface area (Å²) in [5.74, 6) is -2.34. The van der Waals surface area contributed by atoms with Gasteiger partial charge in [-0.3, -0.25) is 4.79 Å². The number of esters is 1. The van der Waals surface area contributed by atoms with E-state index < -0.39 is 24.3 Å². The first kappa shape index (κ1) is 15.6. The van der Waals surface area contributed by atoms with E-state index in [1.807, 2.05) is 19.9 Å². The van der Waals surface area contributed by atoms with Gasteiger partial charge in [0.15, 0.2) is 12.4 Å². The summed E-state index contributed by atoms with van der Waals surface area (Å²) in [7, 11) is 0. The number of hydrogen-bond donors (Lipinski definition) is 1. The molecule has 1 aromatic rings. The Balaban J connectivity index is 2.71. The third-order valence-corrected chi connectivity index (χ3v) is 2.69. The molecule has 20 heavy (non-hydrogen) atoms. The van der Waals surface area contributed by atoms with Crippen molar-refractivity contribution in [3.8, 4) is 6.07 Å². The molecule has 0 unspecified atom stereocenters. The van der Waals surface area contributed by atoms with Gasteiger partial charge in [0.1, 0.15) is 5.92 Å². The van der Waals surface area contributed by atoms with E-state index in [9.17, 15) is 9.59 Å². The third-order valence-electron chi connectivity index (χ3n) is 2.69. The smallest absolute Gasteiger partial charge is 0.338 e. The van der Waals surface area contributed by atoms with Gasteiger partial charge in [0, 0.05) is 5.71 Å². The van der Waals surface area contributed by atoms with E-state index in [0.717, 1.165) is 11.1 Å². The molecule has 0 saturated carbocycles. The highest BCUT2D eigenvalue weighted by molar-refractivity contribution is 6.06. The van der Waals surface area contributed by atoms with Crippen molar-refractivity contribution >= 4 is 17.5 Å². The minimum atomic E-state index is -1.15. The van der Waals surface area contributed by atoms with Gasteiger partial charge in [0.25, 0.3) is 0 Å². The van der Waals surface area contributed by atoms with Crippen LogP contribution in [0.5, 0.6) is 0 Å². The number of carbonyl (C=O) groups is 2. The Morgan fingerprint density at radius 3 is 2.30 bits per heavy atom. The predicted molar refractivity (Wildman–Crippen MR) is 73.7 cm³/mol. The molecule has 0 amide bonds. The Hall–Kier alpha value is -2.48. The van der Waals surface area contributed by atoms with E-state index in [1.54, 1.807) is 18.2 Å². The largest absolute Gasteiger partial charge is 0.454 e. The number of benzene rings is 1. The van der Waals surface area contributed by atoms with Crippen molar-refractivity contribution < 1.29 is 14.3 Å². The normalized spacial score (nSPS) is 11.3. The second-order valence-corrected chi connectivity index (χ2v) is 4.66. The van der Waals surface area contributed by atoms with Crippen LogP contribution in [0.3, 0.4) is 0 Å². The van der Waals surface area contributed by atoms with Gasteiger partial charge in [-0.25, -0.2) is 4.79 Å². The first-order valence-electron chi connectivity index (χ1n) is 6.08. The Kier molecular flexibility index (Phi) is 5.15. The van der Waals surface area contributed by atoms with Crippen LogP contribution in [0.15, 0.2) is 18.2 Å². The van der Waals surface area contributed by atoms with E-state index >= 15 is 0 Å². The Morgan fingerprint density at radius 1 is 1.30 bits per heavy atom. The van der Waals surface area contributed by atoms with E-state index in [2.05, 4.69) is 0 Å². The maximum atomic E-state index is 11.8. The predicted octanol–water partition coefficient (Wildman–Crippen LogP) is 2.21. The fourth-order valence-electron chi connectivity index (χ4n) is 1.81. The lowest BCUT2D eigenvalue weighted by atomic mass is 10.0. The molecule has 0 fully saturated rings. The van der Waals surface area contributed by atoms with Crippen molar-refractivity contribution in [2.24, 2.45) is 5.92 Å². The van der Waals surface area contributed by atoms with Crippen molar-refractivity contribution in [2.75, 3.05) is 6.61 Å². The van der Waals surface area contributed by atoms with Crippen molar-refractivity contribution in [1.29, 1.82) is 10.7 Å². The molecule has 1 atom stereocenters. The molecule has 0 spiro atoms. The van der Waals surface area contributed by atoms with Crippen molar-refractivity contribution in [3.63, 3.8) is 0 Å². The van der Waals surface area contributed by atoms with Crippen LogP contribution in [0, 0.1) is 36.5 Å². The van der Waals surface area contributed by atoms with Crippen LogP contribution in [-0.2, 0) is 9.53 Å². The molecular weight excluding hydrogens is 256 g/mol. The number of aryl methyl sites for hydroxylation is 2. The standard InChI is InChI=1S/C15H16N2O3/c1-9-4-10(2)6-12(5-9)15(19)20-8-14(18)13(7-16)11(3)17/h4-6,13,17H,8H2,1-3H3/t13-/m1/s1. The Labute approximate surface area is 117 Å². The molecule has 1 N–H and O–H groups in total. The highest BCUT2D eigenvalue weighted by atomic mass is 16.5. The molecule has 5 nitrogen and oxygen atoms in total. The molecule has 0 aromatic heterocycles. The lowest BCUT2D eigenvalue weighted by Gasteiger charge is -2.08. The summed E-state index contributed by atoms with van der Waals surface area (Å²) >= 11 is 0. The van der Waals surface area contributed by atoms with E-state index in [0.29, 0.717) is 5.56 Å². The summed E-state index contributed by atoms with van der Waals surface area (Å²) in [5.41, 5.74) is 2.16. The highest BCUT2D eigenvalue weighted by Crippen LogP contribution is 2.10. The first-order chi connectivity index (χ1) is 9.35. The molecular formula is C15H16N2O3. The number of Topliss-reactive ketones (excluding diaryl/α,β-unsaturated/α-hetero) is 1. The number of nitriles is 1. The van der Waals surface area contributed by atoms with Crippen molar-refractivity contribution in [2.45, 2.75) is 20.8 Å². The number of rotatable bonds is 5. The zero-order chi connectivity index (χ0) is 15.3. The van der Waals surface area contributed by atoms with Gasteiger partial charge in [0.05, 0.1) is 11.6 Å².